The average molecular weight is 139 g/mol. The van der Waals surface area contributed by atoms with Crippen LogP contribution in [0.4, 0.5) is 4.79 Å². The molecule has 0 aliphatic rings. The third-order valence-electron chi connectivity index (χ3n) is 0.425. The number of ether oxygens (including phenoxy) is 2. The number of rotatable bonds is 1. The Morgan fingerprint density at radius 2 is 2.25 bits per heavy atom. The third kappa shape index (κ3) is 3.74. The van der Waals surface area contributed by atoms with E-state index in [-0.39, 0.29) is 0 Å². The molecule has 0 aromatic heterocycles. The first-order valence-electron chi connectivity index (χ1n) is 2.05. The maximum Gasteiger partial charge on any atom is 0.509 e. The van der Waals surface area contributed by atoms with Crippen molar-refractivity contribution < 1.29 is 14.3 Å². The summed E-state index contributed by atoms with van der Waals surface area (Å²) in [6, 6.07) is 0. The molecule has 0 heterocycles. The van der Waals surface area contributed by atoms with Crippen molar-refractivity contribution in [3.8, 4) is 0 Å². The quantitative estimate of drug-likeness (QED) is 0.405. The van der Waals surface area contributed by atoms with Gasteiger partial charge in [0.25, 0.3) is 0 Å². The van der Waals surface area contributed by atoms with Gasteiger partial charge < -0.3 is 9.47 Å². The Hall–Kier alpha value is -0.440. The normalized spacial score (nSPS) is 12.4. The van der Waals surface area contributed by atoms with Gasteiger partial charge >= 0.3 is 6.16 Å². The van der Waals surface area contributed by atoms with E-state index in [1.807, 2.05) is 0 Å². The van der Waals surface area contributed by atoms with Crippen molar-refractivity contribution in [1.29, 1.82) is 0 Å². The minimum absolute atomic E-state index is 0.623. The van der Waals surface area contributed by atoms with Crippen LogP contribution in [0.15, 0.2) is 0 Å². The highest BCUT2D eigenvalue weighted by atomic mass is 35.5. The van der Waals surface area contributed by atoms with Gasteiger partial charge in [0.1, 0.15) is 0 Å². The van der Waals surface area contributed by atoms with E-state index in [1.165, 1.54) is 14.0 Å². The van der Waals surface area contributed by atoms with Crippen LogP contribution in [0.2, 0.25) is 0 Å². The summed E-state index contributed by atoms with van der Waals surface area (Å²) in [6.07, 6.45) is -0.757. The molecular formula is C4H7ClO3. The van der Waals surface area contributed by atoms with E-state index in [9.17, 15) is 4.79 Å². The third-order valence-corrected chi connectivity index (χ3v) is 0.514. The van der Waals surface area contributed by atoms with Crippen molar-refractivity contribution in [3.63, 3.8) is 0 Å². The fraction of sp³-hybridized carbons (Fsp3) is 0.750. The Balaban J connectivity index is 3.25. The molecule has 4 heteroatoms. The number of alkyl halides is 1. The minimum atomic E-state index is -0.757. The Kier molecular flexibility index (Phi) is 3.35. The van der Waals surface area contributed by atoms with E-state index < -0.39 is 11.7 Å². The van der Waals surface area contributed by atoms with Crippen molar-refractivity contribution >= 4 is 17.8 Å². The summed E-state index contributed by atoms with van der Waals surface area (Å²) in [5.41, 5.74) is -0.623. The van der Waals surface area contributed by atoms with Gasteiger partial charge in [-0.15, -0.1) is 0 Å². The van der Waals surface area contributed by atoms with Gasteiger partial charge in [0.15, 0.2) is 5.56 Å². The van der Waals surface area contributed by atoms with Crippen molar-refractivity contribution in [1.82, 2.24) is 0 Å². The van der Waals surface area contributed by atoms with Crippen LogP contribution in [0.25, 0.3) is 0 Å². The van der Waals surface area contributed by atoms with Crippen molar-refractivity contribution in [2.75, 3.05) is 7.11 Å². The first-order valence-corrected chi connectivity index (χ1v) is 2.49. The molecule has 1 unspecified atom stereocenters. The number of carbonyl (C=O) groups excluding carboxylic acids is 1. The van der Waals surface area contributed by atoms with E-state index >= 15 is 0 Å². The Bertz CT molecular complexity index is 81.4. The molecule has 0 aromatic carbocycles. The molecule has 0 aliphatic heterocycles. The molecule has 3 nitrogen and oxygen atoms in total. The fourth-order valence-electron chi connectivity index (χ4n) is 0.181. The maximum atomic E-state index is 10.1. The van der Waals surface area contributed by atoms with Gasteiger partial charge in [-0.05, 0) is 6.92 Å². The highest BCUT2D eigenvalue weighted by molar-refractivity contribution is 6.19. The molecule has 1 atom stereocenters. The molecule has 0 bridgehead atoms. The summed E-state index contributed by atoms with van der Waals surface area (Å²) in [4.78, 5) is 10.1. The maximum absolute atomic E-state index is 10.1. The Labute approximate surface area is 52.5 Å². The SMILES string of the molecule is COC(=O)OC(C)Cl. The standard InChI is InChI=1S/C4H7ClO3/c1-3(5)8-4(6)7-2/h3H,1-2H3. The minimum Gasteiger partial charge on any atom is -0.438 e. The Morgan fingerprint density at radius 3 is 2.38 bits per heavy atom. The Morgan fingerprint density at radius 1 is 1.75 bits per heavy atom. The van der Waals surface area contributed by atoms with Crippen LogP contribution in [0.5, 0.6) is 0 Å². The lowest BCUT2D eigenvalue weighted by atomic mass is 10.9. The van der Waals surface area contributed by atoms with Crippen LogP contribution in [-0.2, 0) is 9.47 Å². The molecule has 0 saturated heterocycles. The van der Waals surface area contributed by atoms with Crippen LogP contribution < -0.4 is 0 Å². The first kappa shape index (κ1) is 7.56. The molecule has 0 N–H and O–H groups in total. The average Bonchev–Trinajstić information content (AvgIpc) is 1.65. The fourth-order valence-corrected chi connectivity index (χ4v) is 0.253. The molecule has 0 saturated carbocycles. The van der Waals surface area contributed by atoms with Crippen LogP contribution in [-0.4, -0.2) is 18.8 Å². The molecule has 0 rings (SSSR count). The second kappa shape index (κ2) is 3.55. The second-order valence-electron chi connectivity index (χ2n) is 1.11. The van der Waals surface area contributed by atoms with Gasteiger partial charge in [-0.25, -0.2) is 4.79 Å². The number of methoxy groups -OCH3 is 1. The second-order valence-corrected chi connectivity index (χ2v) is 1.73. The zero-order valence-corrected chi connectivity index (χ0v) is 5.44. The number of hydrogen-bond acceptors (Lipinski definition) is 3. The lowest BCUT2D eigenvalue weighted by Gasteiger charge is -2.01. The summed E-state index contributed by atoms with van der Waals surface area (Å²) in [7, 11) is 1.22. The van der Waals surface area contributed by atoms with Gasteiger partial charge in [0.05, 0.1) is 7.11 Å². The molecular weight excluding hydrogens is 131 g/mol. The van der Waals surface area contributed by atoms with Gasteiger partial charge in [-0.2, -0.15) is 0 Å². The number of carbonyl (C=O) groups is 1. The highest BCUT2D eigenvalue weighted by Gasteiger charge is 2.02. The number of hydrogen-bond donors (Lipinski definition) is 0. The van der Waals surface area contributed by atoms with Crippen molar-refractivity contribution in [3.05, 3.63) is 0 Å². The summed E-state index contributed by atoms with van der Waals surface area (Å²) in [5, 5.41) is 0. The zero-order valence-electron chi connectivity index (χ0n) is 4.68. The lowest BCUT2D eigenvalue weighted by Crippen LogP contribution is -2.08. The number of halogens is 1. The molecule has 48 valence electrons. The molecule has 0 aromatic rings. The molecule has 0 amide bonds. The van der Waals surface area contributed by atoms with Gasteiger partial charge in [-0.3, -0.25) is 0 Å². The van der Waals surface area contributed by atoms with E-state index in [4.69, 9.17) is 11.6 Å². The zero-order chi connectivity index (χ0) is 6.57. The largest absolute Gasteiger partial charge is 0.509 e. The topological polar surface area (TPSA) is 35.5 Å². The van der Waals surface area contributed by atoms with Crippen LogP contribution in [0, 0.1) is 0 Å². The summed E-state index contributed by atoms with van der Waals surface area (Å²) < 4.78 is 8.42. The predicted molar refractivity (Wildman–Crippen MR) is 28.8 cm³/mol. The van der Waals surface area contributed by atoms with Gasteiger partial charge in [0, 0.05) is 0 Å². The van der Waals surface area contributed by atoms with E-state index in [1.54, 1.807) is 0 Å². The summed E-state index contributed by atoms with van der Waals surface area (Å²) in [5.74, 6) is 0. The van der Waals surface area contributed by atoms with Crippen LogP contribution in [0.1, 0.15) is 6.92 Å². The first-order chi connectivity index (χ1) is 3.66. The molecule has 0 radical (unpaired) electrons. The molecule has 8 heavy (non-hydrogen) atoms. The van der Waals surface area contributed by atoms with E-state index in [0.29, 0.717) is 0 Å². The highest BCUT2D eigenvalue weighted by Crippen LogP contribution is 1.96. The van der Waals surface area contributed by atoms with Gasteiger partial charge in [-0.1, -0.05) is 11.6 Å². The predicted octanol–water partition coefficient (Wildman–Crippen LogP) is 1.35. The van der Waals surface area contributed by atoms with Crippen LogP contribution >= 0.6 is 11.6 Å². The van der Waals surface area contributed by atoms with Gasteiger partial charge in [0.2, 0.25) is 0 Å². The van der Waals surface area contributed by atoms with Crippen molar-refractivity contribution in [2.24, 2.45) is 0 Å². The molecule has 0 spiro atoms. The van der Waals surface area contributed by atoms with Crippen LogP contribution in [0.3, 0.4) is 0 Å². The summed E-state index contributed by atoms with van der Waals surface area (Å²) >= 11 is 5.23. The van der Waals surface area contributed by atoms with E-state index in [0.717, 1.165) is 0 Å². The monoisotopic (exact) mass is 138 g/mol. The molecule has 0 aliphatic carbocycles. The smallest absolute Gasteiger partial charge is 0.438 e. The summed E-state index contributed by atoms with van der Waals surface area (Å²) in [6.45, 7) is 1.53. The van der Waals surface area contributed by atoms with E-state index in [2.05, 4.69) is 9.47 Å². The lowest BCUT2D eigenvalue weighted by molar-refractivity contribution is 0.0666. The van der Waals surface area contributed by atoms with Crippen molar-refractivity contribution in [2.45, 2.75) is 12.5 Å². The molecule has 0 fully saturated rings.